The normalized spacial score (nSPS) is 15.4. The quantitative estimate of drug-likeness (QED) is 0.687. The van der Waals surface area contributed by atoms with E-state index in [2.05, 4.69) is 16.1 Å². The highest BCUT2D eigenvalue weighted by atomic mass is 32.1. The second-order valence-electron chi connectivity index (χ2n) is 6.35. The van der Waals surface area contributed by atoms with E-state index in [1.807, 2.05) is 69.4 Å². The molecule has 0 bridgehead atoms. The number of aryl methyl sites for hydroxylation is 1. The number of aromatic nitrogens is 1. The Labute approximate surface area is 156 Å². The van der Waals surface area contributed by atoms with Gasteiger partial charge in [0.05, 0.1) is 16.3 Å². The summed E-state index contributed by atoms with van der Waals surface area (Å²) in [7, 11) is 1.82. The first kappa shape index (κ1) is 16.5. The molecular weight excluding hydrogens is 342 g/mol. The standard InChI is InChI=1S/C21H19N3OS/c1-13-8-10-15(11-9-13)23-21-24(3)20(25)19(26-21)12-17-14(2)22-18-7-5-4-6-16(17)18/h4-12,25H,1-3H3/b17-12+,23-21?. The summed E-state index contributed by atoms with van der Waals surface area (Å²) in [5, 5.41) is 10.6. The van der Waals surface area contributed by atoms with Crippen LogP contribution in [0.1, 0.15) is 22.9 Å². The monoisotopic (exact) mass is 361 g/mol. The number of benzene rings is 2. The van der Waals surface area contributed by atoms with E-state index in [1.54, 1.807) is 4.57 Å². The smallest absolute Gasteiger partial charge is 0.210 e. The fourth-order valence-electron chi connectivity index (χ4n) is 2.94. The second-order valence-corrected chi connectivity index (χ2v) is 7.36. The zero-order valence-electron chi connectivity index (χ0n) is 14.9. The van der Waals surface area contributed by atoms with Gasteiger partial charge in [0.25, 0.3) is 0 Å². The van der Waals surface area contributed by atoms with Gasteiger partial charge >= 0.3 is 0 Å². The third-order valence-corrected chi connectivity index (χ3v) is 5.50. The Morgan fingerprint density at radius 1 is 1.08 bits per heavy atom. The van der Waals surface area contributed by atoms with Crippen LogP contribution in [-0.4, -0.2) is 15.4 Å². The van der Waals surface area contributed by atoms with Gasteiger partial charge in [0.1, 0.15) is 0 Å². The van der Waals surface area contributed by atoms with Gasteiger partial charge in [-0.1, -0.05) is 47.2 Å². The van der Waals surface area contributed by atoms with E-state index in [1.165, 1.54) is 16.9 Å². The molecule has 130 valence electrons. The lowest BCUT2D eigenvalue weighted by molar-refractivity contribution is 0.427. The van der Waals surface area contributed by atoms with Gasteiger partial charge in [0, 0.05) is 23.9 Å². The first-order valence-electron chi connectivity index (χ1n) is 8.40. The third-order valence-electron chi connectivity index (χ3n) is 4.43. The third kappa shape index (κ3) is 2.91. The van der Waals surface area contributed by atoms with Crippen molar-refractivity contribution >= 4 is 40.1 Å². The van der Waals surface area contributed by atoms with Gasteiger partial charge in [0.2, 0.25) is 5.88 Å². The number of hydrogen-bond donors (Lipinski definition) is 1. The van der Waals surface area contributed by atoms with E-state index in [4.69, 9.17) is 0 Å². The molecule has 0 unspecified atom stereocenters. The fraction of sp³-hybridized carbons (Fsp3) is 0.143. The van der Waals surface area contributed by atoms with Gasteiger partial charge in [-0.05, 0) is 38.1 Å². The van der Waals surface area contributed by atoms with Crippen molar-refractivity contribution < 1.29 is 5.11 Å². The van der Waals surface area contributed by atoms with E-state index in [0.29, 0.717) is 0 Å². The van der Waals surface area contributed by atoms with Gasteiger partial charge in [-0.3, -0.25) is 9.56 Å². The van der Waals surface area contributed by atoms with E-state index >= 15 is 0 Å². The lowest BCUT2D eigenvalue weighted by Crippen LogP contribution is -2.08. The molecule has 0 fully saturated rings. The van der Waals surface area contributed by atoms with Crippen molar-refractivity contribution in [2.75, 3.05) is 0 Å². The molecule has 2 aromatic carbocycles. The molecule has 1 aromatic heterocycles. The number of allylic oxidation sites excluding steroid dienone is 1. The Hall–Kier alpha value is -2.92. The Morgan fingerprint density at radius 3 is 2.58 bits per heavy atom. The molecule has 2 heterocycles. The van der Waals surface area contributed by atoms with Crippen LogP contribution in [0.25, 0.3) is 11.6 Å². The maximum absolute atomic E-state index is 10.6. The SMILES string of the molecule is CC1=Nc2ccccc2/C1=C/c1sc(=Nc2ccc(C)cc2)n(C)c1O. The summed E-state index contributed by atoms with van der Waals surface area (Å²) in [6.07, 6.45) is 2.00. The fourth-order valence-corrected chi connectivity index (χ4v) is 3.91. The summed E-state index contributed by atoms with van der Waals surface area (Å²) < 4.78 is 1.71. The molecule has 4 nitrogen and oxygen atoms in total. The van der Waals surface area contributed by atoms with Crippen molar-refractivity contribution in [3.63, 3.8) is 0 Å². The Kier molecular flexibility index (Phi) is 4.09. The van der Waals surface area contributed by atoms with E-state index in [0.717, 1.165) is 37.9 Å². The van der Waals surface area contributed by atoms with Gasteiger partial charge in [-0.15, -0.1) is 0 Å². The van der Waals surface area contributed by atoms with Crippen LogP contribution in [-0.2, 0) is 7.05 Å². The van der Waals surface area contributed by atoms with Crippen molar-refractivity contribution in [2.45, 2.75) is 13.8 Å². The predicted molar refractivity (Wildman–Crippen MR) is 108 cm³/mol. The molecular formula is C21H19N3OS. The van der Waals surface area contributed by atoms with Crippen LogP contribution in [0.5, 0.6) is 5.88 Å². The van der Waals surface area contributed by atoms with Crippen LogP contribution in [0.2, 0.25) is 0 Å². The predicted octanol–water partition coefficient (Wildman–Crippen LogP) is 4.98. The maximum Gasteiger partial charge on any atom is 0.210 e. The number of fused-ring (bicyclic) bond motifs is 1. The lowest BCUT2D eigenvalue weighted by atomic mass is 10.0. The minimum Gasteiger partial charge on any atom is -0.493 e. The van der Waals surface area contributed by atoms with Crippen LogP contribution in [0.3, 0.4) is 0 Å². The molecule has 0 radical (unpaired) electrons. The average molecular weight is 361 g/mol. The van der Waals surface area contributed by atoms with Crippen LogP contribution in [0.4, 0.5) is 11.4 Å². The molecule has 1 N–H and O–H groups in total. The number of rotatable bonds is 2. The first-order chi connectivity index (χ1) is 12.5. The summed E-state index contributed by atoms with van der Waals surface area (Å²) in [5.74, 6) is 0.213. The summed E-state index contributed by atoms with van der Waals surface area (Å²) in [6.45, 7) is 4.04. The van der Waals surface area contributed by atoms with Crippen LogP contribution < -0.4 is 4.80 Å². The molecule has 0 aliphatic carbocycles. The molecule has 1 aliphatic rings. The van der Waals surface area contributed by atoms with Crippen molar-refractivity contribution in [2.24, 2.45) is 17.0 Å². The molecule has 0 spiro atoms. The topological polar surface area (TPSA) is 49.9 Å². The summed E-state index contributed by atoms with van der Waals surface area (Å²) in [4.78, 5) is 10.8. The Morgan fingerprint density at radius 2 is 1.81 bits per heavy atom. The van der Waals surface area contributed by atoms with Gasteiger partial charge in [-0.25, -0.2) is 4.99 Å². The zero-order chi connectivity index (χ0) is 18.3. The number of thiazole rings is 1. The van der Waals surface area contributed by atoms with Crippen LogP contribution in [0.15, 0.2) is 58.5 Å². The second kappa shape index (κ2) is 6.42. The number of para-hydroxylation sites is 1. The summed E-state index contributed by atoms with van der Waals surface area (Å²) >= 11 is 1.46. The first-order valence-corrected chi connectivity index (χ1v) is 9.21. The molecule has 4 rings (SSSR count). The zero-order valence-corrected chi connectivity index (χ0v) is 15.7. The minimum absolute atomic E-state index is 0.213. The van der Waals surface area contributed by atoms with Gasteiger partial charge < -0.3 is 5.11 Å². The summed E-state index contributed by atoms with van der Waals surface area (Å²) in [6, 6.07) is 16.1. The molecule has 0 saturated carbocycles. The molecule has 1 aliphatic heterocycles. The Bertz CT molecular complexity index is 1110. The number of aliphatic imine (C=N–C) groups is 1. The van der Waals surface area contributed by atoms with Crippen LogP contribution >= 0.6 is 11.3 Å². The summed E-state index contributed by atoms with van der Waals surface area (Å²) in [5.41, 5.74) is 6.13. The minimum atomic E-state index is 0.213. The van der Waals surface area contributed by atoms with Crippen molar-refractivity contribution in [1.82, 2.24) is 4.57 Å². The van der Waals surface area contributed by atoms with Crippen LogP contribution in [0, 0.1) is 6.92 Å². The van der Waals surface area contributed by atoms with Crippen molar-refractivity contribution in [1.29, 1.82) is 0 Å². The number of aromatic hydroxyl groups is 1. The average Bonchev–Trinajstić information content (AvgIpc) is 3.09. The highest BCUT2D eigenvalue weighted by molar-refractivity contribution is 7.10. The van der Waals surface area contributed by atoms with Crippen molar-refractivity contribution in [3.05, 3.63) is 69.3 Å². The lowest BCUT2D eigenvalue weighted by Gasteiger charge is -2.01. The number of hydrogen-bond acceptors (Lipinski definition) is 4. The Balaban J connectivity index is 1.80. The molecule has 0 atom stereocenters. The van der Waals surface area contributed by atoms with E-state index in [9.17, 15) is 5.11 Å². The molecule has 5 heteroatoms. The van der Waals surface area contributed by atoms with E-state index in [-0.39, 0.29) is 5.88 Å². The largest absolute Gasteiger partial charge is 0.493 e. The molecule has 0 saturated heterocycles. The number of nitrogens with zero attached hydrogens (tertiary/aromatic N) is 3. The van der Waals surface area contributed by atoms with Crippen molar-refractivity contribution in [3.8, 4) is 5.88 Å². The van der Waals surface area contributed by atoms with E-state index < -0.39 is 0 Å². The highest BCUT2D eigenvalue weighted by Crippen LogP contribution is 2.37. The van der Waals surface area contributed by atoms with Gasteiger partial charge in [-0.2, -0.15) is 0 Å². The van der Waals surface area contributed by atoms with Gasteiger partial charge in [0.15, 0.2) is 4.80 Å². The molecule has 0 amide bonds. The molecule has 3 aromatic rings. The molecule has 26 heavy (non-hydrogen) atoms. The maximum atomic E-state index is 10.6. The highest BCUT2D eigenvalue weighted by Gasteiger charge is 2.18.